The smallest absolute Gasteiger partial charge is 0.323 e. The van der Waals surface area contributed by atoms with Crippen molar-refractivity contribution in [3.8, 4) is 0 Å². The molecule has 0 heterocycles. The molecule has 0 amide bonds. The van der Waals surface area contributed by atoms with E-state index in [9.17, 15) is 9.59 Å². The van der Waals surface area contributed by atoms with Crippen LogP contribution in [0.4, 0.5) is 0 Å². The van der Waals surface area contributed by atoms with E-state index in [4.69, 9.17) is 15.2 Å². The molecule has 0 aliphatic heterocycles. The van der Waals surface area contributed by atoms with Crippen molar-refractivity contribution in [3.63, 3.8) is 0 Å². The monoisotopic (exact) mass is 243 g/mol. The molecule has 5 nitrogen and oxygen atoms in total. The molecule has 2 N–H and O–H groups in total. The van der Waals surface area contributed by atoms with Gasteiger partial charge in [0.05, 0.1) is 0 Å². The first-order valence-electron chi connectivity index (χ1n) is 5.51. The molecule has 0 fully saturated rings. The van der Waals surface area contributed by atoms with E-state index >= 15 is 0 Å². The molecule has 0 bridgehead atoms. The molecule has 0 aromatic rings. The van der Waals surface area contributed by atoms with Crippen molar-refractivity contribution >= 4 is 11.9 Å². The van der Waals surface area contributed by atoms with Crippen LogP contribution in [0, 0.1) is 0 Å². The summed E-state index contributed by atoms with van der Waals surface area (Å²) in [6.07, 6.45) is 1.77. The maximum absolute atomic E-state index is 11.4. The highest BCUT2D eigenvalue weighted by Crippen LogP contribution is 2.09. The van der Waals surface area contributed by atoms with Crippen LogP contribution in [0.25, 0.3) is 0 Å². The zero-order valence-corrected chi connectivity index (χ0v) is 10.7. The summed E-state index contributed by atoms with van der Waals surface area (Å²) >= 11 is 0. The van der Waals surface area contributed by atoms with Gasteiger partial charge in [-0.1, -0.05) is 12.7 Å². The molecule has 0 saturated carbocycles. The van der Waals surface area contributed by atoms with Crippen LogP contribution in [0.2, 0.25) is 0 Å². The number of hydrogen-bond acceptors (Lipinski definition) is 5. The van der Waals surface area contributed by atoms with Crippen LogP contribution in [-0.4, -0.2) is 30.2 Å². The number of nitrogens with two attached hydrogens (primary N) is 1. The summed E-state index contributed by atoms with van der Waals surface area (Å²) in [4.78, 5) is 22.6. The molecule has 0 radical (unpaired) electrons. The first-order chi connectivity index (χ1) is 7.76. The van der Waals surface area contributed by atoms with Crippen LogP contribution in [0.3, 0.4) is 0 Å². The van der Waals surface area contributed by atoms with Crippen LogP contribution in [0.5, 0.6) is 0 Å². The number of carbonyl (C=O) groups excluding carboxylic acids is 2. The van der Waals surface area contributed by atoms with Crippen LogP contribution in [0.15, 0.2) is 12.7 Å². The Labute approximate surface area is 102 Å². The van der Waals surface area contributed by atoms with Gasteiger partial charge in [0.25, 0.3) is 0 Å². The first kappa shape index (κ1) is 15.6. The minimum absolute atomic E-state index is 0.0988. The molecule has 98 valence electrons. The highest BCUT2D eigenvalue weighted by atomic mass is 16.6. The van der Waals surface area contributed by atoms with Gasteiger partial charge in [-0.25, -0.2) is 0 Å². The predicted octanol–water partition coefficient (Wildman–Crippen LogP) is 1.16. The third-order valence-corrected chi connectivity index (χ3v) is 1.73. The highest BCUT2D eigenvalue weighted by molar-refractivity contribution is 5.77. The molecule has 1 unspecified atom stereocenters. The lowest BCUT2D eigenvalue weighted by Gasteiger charge is -2.19. The van der Waals surface area contributed by atoms with Crippen LogP contribution >= 0.6 is 0 Å². The Morgan fingerprint density at radius 1 is 1.41 bits per heavy atom. The Morgan fingerprint density at radius 2 is 2.00 bits per heavy atom. The van der Waals surface area contributed by atoms with Gasteiger partial charge in [0.1, 0.15) is 18.2 Å². The maximum Gasteiger partial charge on any atom is 0.323 e. The summed E-state index contributed by atoms with van der Waals surface area (Å²) in [7, 11) is 0. The Balaban J connectivity index is 3.91. The third-order valence-electron chi connectivity index (χ3n) is 1.73. The van der Waals surface area contributed by atoms with Crippen molar-refractivity contribution in [2.24, 2.45) is 5.73 Å². The van der Waals surface area contributed by atoms with Gasteiger partial charge in [0.2, 0.25) is 0 Å². The second-order valence-corrected chi connectivity index (χ2v) is 4.65. The normalized spacial score (nSPS) is 12.7. The zero-order chi connectivity index (χ0) is 13.5. The molecule has 0 aromatic heterocycles. The fourth-order valence-electron chi connectivity index (χ4n) is 1.03. The fraction of sp³-hybridized carbons (Fsp3) is 0.667. The van der Waals surface area contributed by atoms with E-state index in [0.29, 0.717) is 0 Å². The quantitative estimate of drug-likeness (QED) is 0.559. The first-order valence-corrected chi connectivity index (χ1v) is 5.51. The van der Waals surface area contributed by atoms with Gasteiger partial charge < -0.3 is 15.2 Å². The van der Waals surface area contributed by atoms with E-state index in [1.165, 1.54) is 6.08 Å². The predicted molar refractivity (Wildman–Crippen MR) is 64.2 cm³/mol. The van der Waals surface area contributed by atoms with Gasteiger partial charge in [0.15, 0.2) is 0 Å². The number of esters is 2. The van der Waals surface area contributed by atoms with Crippen molar-refractivity contribution in [2.75, 3.05) is 6.61 Å². The number of ether oxygens (including phenoxy) is 2. The van der Waals surface area contributed by atoms with Gasteiger partial charge in [-0.15, -0.1) is 0 Å². The number of carbonyl (C=O) groups is 2. The molecule has 0 aromatic carbocycles. The highest BCUT2D eigenvalue weighted by Gasteiger charge is 2.20. The SMILES string of the molecule is C=CCOC(=O)C(N)CCC(=O)OC(C)(C)C. The molecule has 5 heteroatoms. The fourth-order valence-corrected chi connectivity index (χ4v) is 1.03. The third kappa shape index (κ3) is 8.45. The lowest BCUT2D eigenvalue weighted by Crippen LogP contribution is -2.33. The van der Waals surface area contributed by atoms with E-state index in [1.54, 1.807) is 20.8 Å². The van der Waals surface area contributed by atoms with Gasteiger partial charge in [-0.3, -0.25) is 9.59 Å². The second-order valence-electron chi connectivity index (χ2n) is 4.65. The van der Waals surface area contributed by atoms with Crippen LogP contribution < -0.4 is 5.73 Å². The van der Waals surface area contributed by atoms with Crippen molar-refractivity contribution in [2.45, 2.75) is 45.3 Å². The minimum Gasteiger partial charge on any atom is -0.460 e. The summed E-state index contributed by atoms with van der Waals surface area (Å²) in [6, 6.07) is -0.803. The average Bonchev–Trinajstić information content (AvgIpc) is 2.20. The molecular weight excluding hydrogens is 222 g/mol. The second kappa shape index (κ2) is 7.06. The van der Waals surface area contributed by atoms with Gasteiger partial charge in [-0.05, 0) is 27.2 Å². The zero-order valence-electron chi connectivity index (χ0n) is 10.7. The average molecular weight is 243 g/mol. The van der Waals surface area contributed by atoms with E-state index < -0.39 is 17.6 Å². The Kier molecular flexibility index (Phi) is 6.50. The molecular formula is C12H21NO4. The maximum atomic E-state index is 11.4. The molecule has 1 atom stereocenters. The van der Waals surface area contributed by atoms with Gasteiger partial charge in [-0.2, -0.15) is 0 Å². The summed E-state index contributed by atoms with van der Waals surface area (Å²) in [5.74, 6) is -0.905. The van der Waals surface area contributed by atoms with Gasteiger partial charge in [0, 0.05) is 6.42 Å². The van der Waals surface area contributed by atoms with Crippen molar-refractivity contribution < 1.29 is 19.1 Å². The van der Waals surface area contributed by atoms with Crippen molar-refractivity contribution in [3.05, 3.63) is 12.7 Å². The molecule has 0 spiro atoms. The number of hydrogen-bond donors (Lipinski definition) is 1. The van der Waals surface area contributed by atoms with Crippen LogP contribution in [-0.2, 0) is 19.1 Å². The molecule has 0 saturated heterocycles. The van der Waals surface area contributed by atoms with Crippen molar-refractivity contribution in [1.82, 2.24) is 0 Å². The van der Waals surface area contributed by atoms with Crippen molar-refractivity contribution in [1.29, 1.82) is 0 Å². The summed E-state index contributed by atoms with van der Waals surface area (Å²) in [5, 5.41) is 0. The summed E-state index contributed by atoms with van der Waals surface area (Å²) in [6.45, 7) is 8.88. The van der Waals surface area contributed by atoms with E-state index in [-0.39, 0.29) is 25.4 Å². The summed E-state index contributed by atoms with van der Waals surface area (Å²) < 4.78 is 9.84. The molecule has 17 heavy (non-hydrogen) atoms. The Hall–Kier alpha value is -1.36. The Morgan fingerprint density at radius 3 is 2.47 bits per heavy atom. The molecule has 0 rings (SSSR count). The van der Waals surface area contributed by atoms with E-state index in [1.807, 2.05) is 0 Å². The summed E-state index contributed by atoms with van der Waals surface area (Å²) in [5.41, 5.74) is 5.03. The Bertz CT molecular complexity index is 281. The lowest BCUT2D eigenvalue weighted by atomic mass is 10.1. The van der Waals surface area contributed by atoms with E-state index in [2.05, 4.69) is 6.58 Å². The minimum atomic E-state index is -0.803. The van der Waals surface area contributed by atoms with E-state index in [0.717, 1.165) is 0 Å². The topological polar surface area (TPSA) is 78.6 Å². The van der Waals surface area contributed by atoms with Gasteiger partial charge >= 0.3 is 11.9 Å². The standard InChI is InChI=1S/C12H21NO4/c1-5-8-16-11(15)9(13)6-7-10(14)17-12(2,3)4/h5,9H,1,6-8,13H2,2-4H3. The molecule has 0 aliphatic rings. The largest absolute Gasteiger partial charge is 0.460 e. The lowest BCUT2D eigenvalue weighted by molar-refractivity contribution is -0.155. The van der Waals surface area contributed by atoms with Crippen LogP contribution in [0.1, 0.15) is 33.6 Å². The molecule has 0 aliphatic carbocycles. The number of rotatable bonds is 6.